The van der Waals surface area contributed by atoms with Crippen LogP contribution in [0.15, 0.2) is 72.8 Å². The largest absolute Gasteiger partial charge is 0.490 e. The second-order valence-corrected chi connectivity index (χ2v) is 10.3. The molecule has 0 saturated heterocycles. The quantitative estimate of drug-likeness (QED) is 0.173. The van der Waals surface area contributed by atoms with Crippen molar-refractivity contribution in [3.8, 4) is 16.9 Å². The molecule has 4 aromatic carbocycles. The maximum atomic E-state index is 14.0. The zero-order valence-corrected chi connectivity index (χ0v) is 22.9. The molecule has 2 amide bonds. The van der Waals surface area contributed by atoms with E-state index in [9.17, 15) is 28.5 Å². The molecule has 0 unspecified atom stereocenters. The maximum Gasteiger partial charge on any atom is 0.310 e. The van der Waals surface area contributed by atoms with E-state index >= 15 is 0 Å². The van der Waals surface area contributed by atoms with Crippen molar-refractivity contribution >= 4 is 34.6 Å². The van der Waals surface area contributed by atoms with Gasteiger partial charge in [0.2, 0.25) is 5.91 Å². The van der Waals surface area contributed by atoms with Gasteiger partial charge in [-0.2, -0.15) is 0 Å². The van der Waals surface area contributed by atoms with Gasteiger partial charge < -0.3 is 20.7 Å². The number of rotatable bonds is 7. The number of amides is 2. The predicted molar refractivity (Wildman–Crippen MR) is 154 cm³/mol. The molecule has 5 rings (SSSR count). The molecular weight excluding hydrogens is 546 g/mol. The number of hydrogen-bond acceptors (Lipinski definition) is 6. The highest BCUT2D eigenvalue weighted by Gasteiger charge is 2.31. The average molecular weight is 573 g/mol. The molecule has 11 heteroatoms. The number of halogens is 2. The van der Waals surface area contributed by atoms with E-state index in [4.69, 9.17) is 4.74 Å². The van der Waals surface area contributed by atoms with Crippen LogP contribution in [0, 0.1) is 21.7 Å². The zero-order valence-electron chi connectivity index (χ0n) is 22.9. The summed E-state index contributed by atoms with van der Waals surface area (Å²) in [6.45, 7) is 3.03. The third-order valence-electron chi connectivity index (χ3n) is 7.29. The molecule has 9 nitrogen and oxygen atoms in total. The molecule has 0 fully saturated rings. The van der Waals surface area contributed by atoms with Crippen LogP contribution in [-0.2, 0) is 16.8 Å². The third kappa shape index (κ3) is 5.24. The number of carbonyl (C=O) groups excluding carboxylic acids is 2. The number of carbonyl (C=O) groups is 2. The highest BCUT2D eigenvalue weighted by Crippen LogP contribution is 2.38. The smallest absolute Gasteiger partial charge is 0.310 e. The molecule has 1 aliphatic rings. The van der Waals surface area contributed by atoms with Gasteiger partial charge in [-0.15, -0.1) is 0 Å². The van der Waals surface area contributed by atoms with Crippen LogP contribution in [0.25, 0.3) is 11.1 Å². The lowest BCUT2D eigenvalue weighted by molar-refractivity contribution is -0.385. The van der Waals surface area contributed by atoms with Gasteiger partial charge in [0.05, 0.1) is 40.1 Å². The van der Waals surface area contributed by atoms with E-state index in [0.717, 1.165) is 12.1 Å². The Kier molecular flexibility index (Phi) is 7.34. The van der Waals surface area contributed by atoms with E-state index in [2.05, 4.69) is 16.0 Å². The molecule has 0 radical (unpaired) electrons. The minimum absolute atomic E-state index is 0.113. The van der Waals surface area contributed by atoms with Crippen LogP contribution in [0.5, 0.6) is 5.75 Å². The van der Waals surface area contributed by atoms with Crippen molar-refractivity contribution in [1.29, 1.82) is 0 Å². The van der Waals surface area contributed by atoms with Gasteiger partial charge in [-0.3, -0.25) is 19.7 Å². The number of methoxy groups -OCH3 is 1. The van der Waals surface area contributed by atoms with Gasteiger partial charge in [0.15, 0.2) is 5.75 Å². The van der Waals surface area contributed by atoms with Gasteiger partial charge >= 0.3 is 5.69 Å². The summed E-state index contributed by atoms with van der Waals surface area (Å²) in [5.74, 6) is -2.21. The first-order chi connectivity index (χ1) is 20.0. The number of ether oxygens (including phenoxy) is 1. The van der Waals surface area contributed by atoms with Gasteiger partial charge in [0.25, 0.3) is 5.91 Å². The maximum absolute atomic E-state index is 14.0. The lowest BCUT2D eigenvalue weighted by Gasteiger charge is -2.25. The molecule has 0 aliphatic carbocycles. The molecule has 0 aromatic heterocycles. The summed E-state index contributed by atoms with van der Waals surface area (Å²) in [6, 6.07) is 18.3. The number of nitro groups is 1. The standard InChI is InChI=1S/C31H26F2N4O5/c1-31(2,30(39)34-16-21-22(32)5-4-6-23(21)33)19-9-11-24-26(15-19)36-29(38)20-10-7-17(13-25(20)35-24)18-8-12-27(37(40)41)28(14-18)42-3/h4-15,35H,16H2,1-3H3,(H,34,39)(H,36,38). The van der Waals surface area contributed by atoms with Gasteiger partial charge in [0.1, 0.15) is 11.6 Å². The highest BCUT2D eigenvalue weighted by atomic mass is 19.1. The Morgan fingerprint density at radius 1 is 0.929 bits per heavy atom. The van der Waals surface area contributed by atoms with Crippen molar-refractivity contribution in [1.82, 2.24) is 5.32 Å². The first-order valence-electron chi connectivity index (χ1n) is 12.9. The minimum atomic E-state index is -1.11. The summed E-state index contributed by atoms with van der Waals surface area (Å²) >= 11 is 0. The van der Waals surface area contributed by atoms with Crippen molar-refractivity contribution in [2.24, 2.45) is 0 Å². The third-order valence-corrected chi connectivity index (χ3v) is 7.29. The lowest BCUT2D eigenvalue weighted by Crippen LogP contribution is -2.40. The monoisotopic (exact) mass is 572 g/mol. The van der Waals surface area contributed by atoms with Crippen molar-refractivity contribution < 1.29 is 28.0 Å². The van der Waals surface area contributed by atoms with Crippen molar-refractivity contribution in [3.05, 3.63) is 111 Å². The second kappa shape index (κ2) is 10.9. The van der Waals surface area contributed by atoms with Crippen LogP contribution in [0.3, 0.4) is 0 Å². The van der Waals surface area contributed by atoms with E-state index in [-0.39, 0.29) is 29.5 Å². The fourth-order valence-electron chi connectivity index (χ4n) is 4.74. The fourth-order valence-corrected chi connectivity index (χ4v) is 4.74. The number of hydrogen-bond donors (Lipinski definition) is 3. The van der Waals surface area contributed by atoms with Gasteiger partial charge in [-0.1, -0.05) is 18.2 Å². The second-order valence-electron chi connectivity index (χ2n) is 10.3. The van der Waals surface area contributed by atoms with E-state index in [0.29, 0.717) is 39.3 Å². The minimum Gasteiger partial charge on any atom is -0.490 e. The molecule has 0 bridgehead atoms. The number of fused-ring (bicyclic) bond motifs is 2. The molecule has 0 spiro atoms. The summed E-state index contributed by atoms with van der Waals surface area (Å²) in [5, 5.41) is 20.0. The fraction of sp³-hybridized carbons (Fsp3) is 0.161. The Hall–Kier alpha value is -5.32. The number of nitrogens with zero attached hydrogens (tertiary/aromatic N) is 1. The van der Waals surface area contributed by atoms with E-state index in [1.54, 1.807) is 62.4 Å². The molecule has 42 heavy (non-hydrogen) atoms. The van der Waals surface area contributed by atoms with Crippen LogP contribution in [0.1, 0.15) is 35.3 Å². The zero-order chi connectivity index (χ0) is 30.2. The van der Waals surface area contributed by atoms with Crippen molar-refractivity contribution in [2.45, 2.75) is 25.8 Å². The summed E-state index contributed by atoms with van der Waals surface area (Å²) in [5.41, 5.74) is 2.33. The van der Waals surface area contributed by atoms with Crippen LogP contribution in [-0.4, -0.2) is 23.8 Å². The van der Waals surface area contributed by atoms with E-state index in [1.807, 2.05) is 0 Å². The first-order valence-corrected chi connectivity index (χ1v) is 12.9. The van der Waals surface area contributed by atoms with Gasteiger partial charge in [0, 0.05) is 18.2 Å². The van der Waals surface area contributed by atoms with Gasteiger partial charge in [-0.25, -0.2) is 8.78 Å². The van der Waals surface area contributed by atoms with E-state index in [1.165, 1.54) is 19.2 Å². The normalized spacial score (nSPS) is 12.3. The van der Waals surface area contributed by atoms with Gasteiger partial charge in [-0.05, 0) is 79.1 Å². The molecule has 4 aromatic rings. The molecule has 0 atom stereocenters. The van der Waals surface area contributed by atoms with Crippen LogP contribution in [0.4, 0.5) is 31.5 Å². The summed E-state index contributed by atoms with van der Waals surface area (Å²) in [6.07, 6.45) is 0. The Labute approximate surface area is 239 Å². The topological polar surface area (TPSA) is 123 Å². The summed E-state index contributed by atoms with van der Waals surface area (Å²) in [7, 11) is 1.36. The Bertz CT molecular complexity index is 1740. The number of benzene rings is 4. The predicted octanol–water partition coefficient (Wildman–Crippen LogP) is 6.45. The first kappa shape index (κ1) is 28.2. The van der Waals surface area contributed by atoms with Crippen LogP contribution in [0.2, 0.25) is 0 Å². The molecule has 1 heterocycles. The SMILES string of the molecule is COc1cc(-c2ccc3c(c2)Nc2ccc(C(C)(C)C(=O)NCc4c(F)cccc4F)cc2NC3=O)ccc1[N+](=O)[O-]. The molecule has 0 saturated carbocycles. The number of nitro benzene ring substituents is 1. The molecule has 3 N–H and O–H groups in total. The number of anilines is 3. The Morgan fingerprint density at radius 2 is 1.62 bits per heavy atom. The van der Waals surface area contributed by atoms with Crippen molar-refractivity contribution in [2.75, 3.05) is 17.7 Å². The summed E-state index contributed by atoms with van der Waals surface area (Å²) < 4.78 is 33.2. The van der Waals surface area contributed by atoms with Crippen LogP contribution < -0.4 is 20.7 Å². The summed E-state index contributed by atoms with van der Waals surface area (Å²) in [4.78, 5) is 37.0. The van der Waals surface area contributed by atoms with Crippen molar-refractivity contribution in [3.63, 3.8) is 0 Å². The van der Waals surface area contributed by atoms with E-state index < -0.39 is 27.9 Å². The Balaban J connectivity index is 1.41. The average Bonchev–Trinajstić information content (AvgIpc) is 3.10. The molecule has 214 valence electrons. The lowest BCUT2D eigenvalue weighted by atomic mass is 9.83. The molecular formula is C31H26F2N4O5. The molecule has 1 aliphatic heterocycles. The number of nitrogens with one attached hydrogen (secondary N) is 3. The highest BCUT2D eigenvalue weighted by molar-refractivity contribution is 6.12. The van der Waals surface area contributed by atoms with Crippen LogP contribution >= 0.6 is 0 Å². The Morgan fingerprint density at radius 3 is 2.31 bits per heavy atom.